The van der Waals surface area contributed by atoms with Crippen LogP contribution in [0.15, 0.2) is 16.5 Å². The predicted octanol–water partition coefficient (Wildman–Crippen LogP) is 1.90. The van der Waals surface area contributed by atoms with Crippen LogP contribution in [0.25, 0.3) is 0 Å². The van der Waals surface area contributed by atoms with Crippen LogP contribution in [0.4, 0.5) is 0 Å². The molecule has 5 nitrogen and oxygen atoms in total. The lowest BCUT2D eigenvalue weighted by Crippen LogP contribution is -2.42. The second-order valence-corrected chi connectivity index (χ2v) is 4.16. The first kappa shape index (κ1) is 12.3. The highest BCUT2D eigenvalue weighted by molar-refractivity contribution is 5.93. The van der Waals surface area contributed by atoms with E-state index in [1.165, 1.54) is 12.1 Å². The number of amides is 1. The van der Waals surface area contributed by atoms with Gasteiger partial charge in [0.15, 0.2) is 5.76 Å². The molecular weight excluding hydrogens is 210 g/mol. The van der Waals surface area contributed by atoms with E-state index in [-0.39, 0.29) is 17.1 Å². The van der Waals surface area contributed by atoms with Crippen LogP contribution in [0.1, 0.15) is 48.3 Å². The molecule has 2 N–H and O–H groups in total. The number of carbonyl (C=O) groups excluding carboxylic acids is 1. The molecule has 16 heavy (non-hydrogen) atoms. The lowest BCUT2D eigenvalue weighted by Gasteiger charge is -2.23. The summed E-state index contributed by atoms with van der Waals surface area (Å²) in [5, 5.41) is 11.4. The van der Waals surface area contributed by atoms with Gasteiger partial charge in [0, 0.05) is 5.54 Å². The van der Waals surface area contributed by atoms with Gasteiger partial charge in [0.2, 0.25) is 5.76 Å². The molecule has 0 spiro atoms. The van der Waals surface area contributed by atoms with E-state index < -0.39 is 11.9 Å². The molecule has 0 aromatic carbocycles. The van der Waals surface area contributed by atoms with Crippen molar-refractivity contribution in [3.05, 3.63) is 23.7 Å². The predicted molar refractivity (Wildman–Crippen MR) is 57.5 cm³/mol. The topological polar surface area (TPSA) is 79.5 Å². The van der Waals surface area contributed by atoms with E-state index in [2.05, 4.69) is 5.32 Å². The van der Waals surface area contributed by atoms with Gasteiger partial charge < -0.3 is 14.8 Å². The fourth-order valence-electron chi connectivity index (χ4n) is 1.03. The Labute approximate surface area is 93.4 Å². The molecule has 0 atom stereocenters. The van der Waals surface area contributed by atoms with Gasteiger partial charge in [0.1, 0.15) is 0 Å². The Hall–Kier alpha value is -1.78. The third-order valence-corrected chi connectivity index (χ3v) is 2.38. The van der Waals surface area contributed by atoms with E-state index in [4.69, 9.17) is 9.52 Å². The number of carboxylic acid groups (broad SMARTS) is 1. The van der Waals surface area contributed by atoms with Crippen LogP contribution >= 0.6 is 0 Å². The SMILES string of the molecule is CCC(C)(C)NC(=O)c1ccc(C(=O)O)o1. The molecule has 1 amide bonds. The molecule has 0 saturated carbocycles. The van der Waals surface area contributed by atoms with Crippen LogP contribution in [0.2, 0.25) is 0 Å². The highest BCUT2D eigenvalue weighted by Crippen LogP contribution is 2.12. The third kappa shape index (κ3) is 2.85. The van der Waals surface area contributed by atoms with Crippen molar-refractivity contribution in [3.63, 3.8) is 0 Å². The van der Waals surface area contributed by atoms with Crippen molar-refractivity contribution in [2.45, 2.75) is 32.7 Å². The maximum atomic E-state index is 11.7. The van der Waals surface area contributed by atoms with Crippen LogP contribution in [0, 0.1) is 0 Å². The van der Waals surface area contributed by atoms with Gasteiger partial charge in [-0.15, -0.1) is 0 Å². The fraction of sp³-hybridized carbons (Fsp3) is 0.455. The molecule has 1 rings (SSSR count). The zero-order chi connectivity index (χ0) is 12.3. The van der Waals surface area contributed by atoms with Crippen molar-refractivity contribution in [1.29, 1.82) is 0 Å². The van der Waals surface area contributed by atoms with E-state index >= 15 is 0 Å². The van der Waals surface area contributed by atoms with Crippen molar-refractivity contribution < 1.29 is 19.1 Å². The number of rotatable bonds is 4. The molecule has 0 aliphatic heterocycles. The molecular formula is C11H15NO4. The average Bonchev–Trinajstić information content (AvgIpc) is 2.66. The van der Waals surface area contributed by atoms with Gasteiger partial charge in [-0.05, 0) is 32.4 Å². The van der Waals surface area contributed by atoms with E-state index in [1.54, 1.807) is 0 Å². The van der Waals surface area contributed by atoms with Crippen LogP contribution in [0.3, 0.4) is 0 Å². The van der Waals surface area contributed by atoms with E-state index in [1.807, 2.05) is 20.8 Å². The highest BCUT2D eigenvalue weighted by Gasteiger charge is 2.21. The van der Waals surface area contributed by atoms with Crippen LogP contribution in [-0.2, 0) is 0 Å². The van der Waals surface area contributed by atoms with Crippen molar-refractivity contribution >= 4 is 11.9 Å². The number of nitrogens with one attached hydrogen (secondary N) is 1. The van der Waals surface area contributed by atoms with Crippen LogP contribution in [0.5, 0.6) is 0 Å². The minimum Gasteiger partial charge on any atom is -0.475 e. The Bertz CT molecular complexity index is 406. The van der Waals surface area contributed by atoms with E-state index in [0.717, 1.165) is 6.42 Å². The molecule has 1 aromatic rings. The van der Waals surface area contributed by atoms with Gasteiger partial charge in [-0.1, -0.05) is 6.92 Å². The Kier molecular flexibility index (Phi) is 3.37. The third-order valence-electron chi connectivity index (χ3n) is 2.38. The first-order valence-electron chi connectivity index (χ1n) is 5.01. The lowest BCUT2D eigenvalue weighted by atomic mass is 10.0. The Morgan fingerprint density at radius 2 is 1.94 bits per heavy atom. The summed E-state index contributed by atoms with van der Waals surface area (Å²) >= 11 is 0. The molecule has 0 unspecified atom stereocenters. The molecule has 0 radical (unpaired) electrons. The molecule has 1 aromatic heterocycles. The normalized spacial score (nSPS) is 11.2. The summed E-state index contributed by atoms with van der Waals surface area (Å²) in [6, 6.07) is 2.61. The van der Waals surface area contributed by atoms with Gasteiger partial charge in [-0.2, -0.15) is 0 Å². The van der Waals surface area contributed by atoms with Gasteiger partial charge >= 0.3 is 5.97 Å². The van der Waals surface area contributed by atoms with Crippen LogP contribution in [-0.4, -0.2) is 22.5 Å². The van der Waals surface area contributed by atoms with Gasteiger partial charge in [-0.3, -0.25) is 4.79 Å². The van der Waals surface area contributed by atoms with Crippen molar-refractivity contribution in [2.75, 3.05) is 0 Å². The van der Waals surface area contributed by atoms with Crippen molar-refractivity contribution in [1.82, 2.24) is 5.32 Å². The molecule has 1 heterocycles. The molecule has 5 heteroatoms. The van der Waals surface area contributed by atoms with Gasteiger partial charge in [-0.25, -0.2) is 4.79 Å². The Balaban J connectivity index is 2.77. The minimum atomic E-state index is -1.19. The maximum absolute atomic E-state index is 11.7. The quantitative estimate of drug-likeness (QED) is 0.820. The first-order chi connectivity index (χ1) is 7.35. The number of aromatic carboxylic acids is 1. The smallest absolute Gasteiger partial charge is 0.371 e. The van der Waals surface area contributed by atoms with Crippen molar-refractivity contribution in [2.24, 2.45) is 0 Å². The summed E-state index contributed by atoms with van der Waals surface area (Å²) in [4.78, 5) is 22.2. The average molecular weight is 225 g/mol. The second-order valence-electron chi connectivity index (χ2n) is 4.16. The zero-order valence-corrected chi connectivity index (χ0v) is 9.53. The number of furan rings is 1. The fourth-order valence-corrected chi connectivity index (χ4v) is 1.03. The van der Waals surface area contributed by atoms with Gasteiger partial charge in [0.05, 0.1) is 0 Å². The molecule has 0 bridgehead atoms. The summed E-state index contributed by atoms with van der Waals surface area (Å²) in [5.41, 5.74) is -0.340. The maximum Gasteiger partial charge on any atom is 0.371 e. The lowest BCUT2D eigenvalue weighted by molar-refractivity contribution is 0.0659. The summed E-state index contributed by atoms with van der Waals surface area (Å²) in [5.74, 6) is -1.81. The van der Waals surface area contributed by atoms with Crippen molar-refractivity contribution in [3.8, 4) is 0 Å². The van der Waals surface area contributed by atoms with Crippen LogP contribution < -0.4 is 5.32 Å². The standard InChI is InChI=1S/C11H15NO4/c1-4-11(2,3)12-9(13)7-5-6-8(16-7)10(14)15/h5-6H,4H2,1-3H3,(H,12,13)(H,14,15). The summed E-state index contributed by atoms with van der Waals surface area (Å²) in [7, 11) is 0. The summed E-state index contributed by atoms with van der Waals surface area (Å²) in [6.07, 6.45) is 0.769. The second kappa shape index (κ2) is 4.38. The summed E-state index contributed by atoms with van der Waals surface area (Å²) in [6.45, 7) is 5.71. The Morgan fingerprint density at radius 1 is 1.38 bits per heavy atom. The first-order valence-corrected chi connectivity index (χ1v) is 5.01. The van der Waals surface area contributed by atoms with E-state index in [9.17, 15) is 9.59 Å². The molecule has 88 valence electrons. The minimum absolute atomic E-state index is 0.0129. The molecule has 0 aliphatic carbocycles. The zero-order valence-electron chi connectivity index (χ0n) is 9.53. The number of hydrogen-bond acceptors (Lipinski definition) is 3. The number of carbonyl (C=O) groups is 2. The molecule has 0 aliphatic rings. The highest BCUT2D eigenvalue weighted by atomic mass is 16.4. The molecule has 0 fully saturated rings. The Morgan fingerprint density at radius 3 is 2.38 bits per heavy atom. The number of hydrogen-bond donors (Lipinski definition) is 2. The van der Waals surface area contributed by atoms with Gasteiger partial charge in [0.25, 0.3) is 5.91 Å². The van der Waals surface area contributed by atoms with E-state index in [0.29, 0.717) is 0 Å². The largest absolute Gasteiger partial charge is 0.475 e. The molecule has 0 saturated heterocycles. The monoisotopic (exact) mass is 225 g/mol. The summed E-state index contributed by atoms with van der Waals surface area (Å²) < 4.78 is 4.89. The number of carboxylic acids is 1.